The van der Waals surface area contributed by atoms with Crippen LogP contribution in [0.15, 0.2) is 36.5 Å². The fourth-order valence-corrected chi connectivity index (χ4v) is 8.11. The number of hydrogen-bond acceptors (Lipinski definition) is 5. The maximum Gasteiger partial charge on any atom is 0.306 e. The summed E-state index contributed by atoms with van der Waals surface area (Å²) in [4.78, 5) is 26.1. The molecule has 0 aliphatic heterocycles. The summed E-state index contributed by atoms with van der Waals surface area (Å²) < 4.78 is 5.92. The van der Waals surface area contributed by atoms with Crippen LogP contribution in [-0.4, -0.2) is 46.9 Å². The van der Waals surface area contributed by atoms with Crippen LogP contribution in [0.1, 0.15) is 278 Å². The lowest BCUT2D eigenvalue weighted by Gasteiger charge is -2.24. The van der Waals surface area contributed by atoms with Crippen molar-refractivity contribution in [2.24, 2.45) is 0 Å². The Morgan fingerprint density at radius 3 is 1.33 bits per heavy atom. The number of hydrogen-bond donors (Lipinski definition) is 3. The average Bonchev–Trinajstić information content (AvgIpc) is 3.25. The van der Waals surface area contributed by atoms with Crippen LogP contribution in [0.4, 0.5) is 0 Å². The number of amides is 1. The molecular weight excluding hydrogens is 755 g/mol. The van der Waals surface area contributed by atoms with E-state index in [0.29, 0.717) is 19.3 Å². The Balaban J connectivity index is 4.55. The summed E-state index contributed by atoms with van der Waals surface area (Å²) in [7, 11) is 0. The molecule has 61 heavy (non-hydrogen) atoms. The molecule has 0 rings (SSSR count). The van der Waals surface area contributed by atoms with Crippen molar-refractivity contribution in [3.63, 3.8) is 0 Å². The predicted molar refractivity (Wildman–Crippen MR) is 264 cm³/mol. The molecule has 6 nitrogen and oxygen atoms in total. The average molecular weight is 858 g/mol. The molecule has 0 spiro atoms. The molecule has 3 unspecified atom stereocenters. The topological polar surface area (TPSA) is 95.9 Å². The Morgan fingerprint density at radius 2 is 0.852 bits per heavy atom. The Morgan fingerprint density at radius 1 is 0.475 bits per heavy atom. The van der Waals surface area contributed by atoms with Crippen molar-refractivity contribution < 1.29 is 24.5 Å². The molecule has 0 aromatic rings. The highest BCUT2D eigenvalue weighted by atomic mass is 16.5. The van der Waals surface area contributed by atoms with Gasteiger partial charge in [0.15, 0.2) is 0 Å². The molecule has 0 aliphatic rings. The molecule has 0 heterocycles. The van der Waals surface area contributed by atoms with E-state index in [-0.39, 0.29) is 24.9 Å². The van der Waals surface area contributed by atoms with Gasteiger partial charge in [-0.15, -0.1) is 0 Å². The predicted octanol–water partition coefficient (Wildman–Crippen LogP) is 16.1. The second-order valence-electron chi connectivity index (χ2n) is 18.3. The Labute approximate surface area is 379 Å². The van der Waals surface area contributed by atoms with Crippen LogP contribution in [0.3, 0.4) is 0 Å². The molecule has 0 saturated heterocycles. The van der Waals surface area contributed by atoms with Crippen LogP contribution in [0.5, 0.6) is 0 Å². The number of carbonyl (C=O) groups is 2. The van der Waals surface area contributed by atoms with E-state index in [1.165, 1.54) is 161 Å². The third-order valence-corrected chi connectivity index (χ3v) is 12.2. The van der Waals surface area contributed by atoms with E-state index in [4.69, 9.17) is 4.74 Å². The van der Waals surface area contributed by atoms with Crippen LogP contribution in [0.2, 0.25) is 0 Å². The Bertz CT molecular complexity index is 1010. The van der Waals surface area contributed by atoms with Gasteiger partial charge in [-0.1, -0.05) is 224 Å². The molecule has 0 aromatic carbocycles. The van der Waals surface area contributed by atoms with Gasteiger partial charge in [-0.05, 0) is 77.0 Å². The molecule has 3 N–H and O–H groups in total. The minimum Gasteiger partial charge on any atom is -0.462 e. The van der Waals surface area contributed by atoms with Crippen LogP contribution < -0.4 is 5.32 Å². The molecule has 0 aromatic heterocycles. The van der Waals surface area contributed by atoms with E-state index >= 15 is 0 Å². The summed E-state index contributed by atoms with van der Waals surface area (Å²) >= 11 is 0. The number of rotatable bonds is 48. The zero-order valence-corrected chi connectivity index (χ0v) is 40.8. The van der Waals surface area contributed by atoms with Gasteiger partial charge in [0.2, 0.25) is 5.91 Å². The maximum absolute atomic E-state index is 13.2. The first-order valence-electron chi connectivity index (χ1n) is 26.7. The van der Waals surface area contributed by atoms with Gasteiger partial charge in [-0.2, -0.15) is 0 Å². The number of aliphatic hydroxyl groups excluding tert-OH is 2. The molecule has 6 heteroatoms. The monoisotopic (exact) mass is 858 g/mol. The van der Waals surface area contributed by atoms with Crippen molar-refractivity contribution in [3.05, 3.63) is 36.5 Å². The summed E-state index contributed by atoms with van der Waals surface area (Å²) in [6.07, 6.45) is 57.8. The zero-order valence-electron chi connectivity index (χ0n) is 40.8. The number of nitrogens with one attached hydrogen (secondary N) is 1. The molecule has 3 atom stereocenters. The molecule has 0 saturated carbocycles. The van der Waals surface area contributed by atoms with E-state index in [1.807, 2.05) is 0 Å². The highest BCUT2D eigenvalue weighted by Gasteiger charge is 2.24. The molecule has 0 fully saturated rings. The van der Waals surface area contributed by atoms with Crippen molar-refractivity contribution in [2.75, 3.05) is 6.61 Å². The lowest BCUT2D eigenvalue weighted by Crippen LogP contribution is -2.46. The summed E-state index contributed by atoms with van der Waals surface area (Å²) in [5.74, 6) is -0.503. The van der Waals surface area contributed by atoms with Crippen molar-refractivity contribution in [1.82, 2.24) is 5.32 Å². The lowest BCUT2D eigenvalue weighted by molar-refractivity contribution is -0.151. The number of allylic oxidation sites excluding steroid dienone is 6. The molecule has 0 bridgehead atoms. The van der Waals surface area contributed by atoms with Gasteiger partial charge in [0.25, 0.3) is 0 Å². The van der Waals surface area contributed by atoms with Crippen LogP contribution >= 0.6 is 0 Å². The highest BCUT2D eigenvalue weighted by molar-refractivity contribution is 5.77. The Hall–Kier alpha value is -1.92. The fraction of sp³-hybridized carbons (Fsp3) is 0.855. The van der Waals surface area contributed by atoms with Gasteiger partial charge < -0.3 is 20.3 Å². The second-order valence-corrected chi connectivity index (χ2v) is 18.3. The minimum absolute atomic E-state index is 0.0559. The van der Waals surface area contributed by atoms with Gasteiger partial charge in [0, 0.05) is 6.42 Å². The van der Waals surface area contributed by atoms with Crippen molar-refractivity contribution in [2.45, 2.75) is 296 Å². The molecule has 358 valence electrons. The third-order valence-electron chi connectivity index (χ3n) is 12.2. The van der Waals surface area contributed by atoms with Crippen molar-refractivity contribution in [3.8, 4) is 0 Å². The SMILES string of the molecule is CCCCC/C=C\C/C=C\CCCCCCCCCC(=O)OC(CCC/C=C\CCCCCCCCC)CC(=O)NC(CO)C(O)CCCCCCCCCCCCCCC. The van der Waals surface area contributed by atoms with Crippen LogP contribution in [0, 0.1) is 0 Å². The van der Waals surface area contributed by atoms with Crippen LogP contribution in [0.25, 0.3) is 0 Å². The minimum atomic E-state index is -0.793. The highest BCUT2D eigenvalue weighted by Crippen LogP contribution is 2.17. The number of esters is 1. The fourth-order valence-electron chi connectivity index (χ4n) is 8.11. The lowest BCUT2D eigenvalue weighted by atomic mass is 10.0. The largest absolute Gasteiger partial charge is 0.462 e. The second kappa shape index (κ2) is 49.1. The number of unbranched alkanes of at least 4 members (excludes halogenated alkanes) is 30. The van der Waals surface area contributed by atoms with E-state index in [2.05, 4.69) is 62.5 Å². The smallest absolute Gasteiger partial charge is 0.306 e. The normalized spacial score (nSPS) is 13.5. The van der Waals surface area contributed by atoms with E-state index < -0.39 is 18.2 Å². The van der Waals surface area contributed by atoms with Gasteiger partial charge in [-0.25, -0.2) is 0 Å². The zero-order chi connectivity index (χ0) is 44.5. The van der Waals surface area contributed by atoms with Gasteiger partial charge >= 0.3 is 5.97 Å². The molecule has 1 amide bonds. The quantitative estimate of drug-likeness (QED) is 0.0322. The van der Waals surface area contributed by atoms with Crippen molar-refractivity contribution in [1.29, 1.82) is 0 Å². The van der Waals surface area contributed by atoms with Crippen LogP contribution in [-0.2, 0) is 14.3 Å². The standard InChI is InChI=1S/C55H103NO5/c1-4-7-10-13-16-19-22-25-26-27-28-30-33-36-39-42-45-48-55(60)61-51(46-43-40-37-34-31-24-21-18-15-12-9-6-3)49-54(59)56-52(50-57)53(58)47-44-41-38-35-32-29-23-20-17-14-11-8-5-2/h16,19,25-26,34,37,51-53,57-58H,4-15,17-18,20-24,27-33,35-36,38-50H2,1-3H3,(H,56,59)/b19-16-,26-25-,37-34-. The van der Waals surface area contributed by atoms with Gasteiger partial charge in [0.1, 0.15) is 6.10 Å². The molecule has 0 radical (unpaired) electrons. The number of carbonyl (C=O) groups excluding carboxylic acids is 2. The first-order valence-corrected chi connectivity index (χ1v) is 26.7. The van der Waals surface area contributed by atoms with E-state index in [9.17, 15) is 19.8 Å². The van der Waals surface area contributed by atoms with Gasteiger partial charge in [-0.3, -0.25) is 9.59 Å². The van der Waals surface area contributed by atoms with Crippen molar-refractivity contribution >= 4 is 11.9 Å². The molecular formula is C55H103NO5. The Kier molecular flexibility index (Phi) is 47.6. The summed E-state index contributed by atoms with van der Waals surface area (Å²) in [5.41, 5.74) is 0. The van der Waals surface area contributed by atoms with E-state index in [1.54, 1.807) is 0 Å². The number of ether oxygens (including phenoxy) is 1. The molecule has 0 aliphatic carbocycles. The third kappa shape index (κ3) is 44.5. The van der Waals surface area contributed by atoms with E-state index in [0.717, 1.165) is 70.6 Å². The summed E-state index contributed by atoms with van der Waals surface area (Å²) in [5, 5.41) is 23.8. The summed E-state index contributed by atoms with van der Waals surface area (Å²) in [6, 6.07) is -0.709. The first kappa shape index (κ1) is 59.1. The first-order chi connectivity index (χ1) is 30.0. The maximum atomic E-state index is 13.2. The summed E-state index contributed by atoms with van der Waals surface area (Å²) in [6.45, 7) is 6.46. The number of aliphatic hydroxyl groups is 2. The van der Waals surface area contributed by atoms with Gasteiger partial charge in [0.05, 0.1) is 25.2 Å².